The zero-order chi connectivity index (χ0) is 14.7. The van der Waals surface area contributed by atoms with Crippen LogP contribution in [0.4, 0.5) is 0 Å². The first-order valence-corrected chi connectivity index (χ1v) is 7.62. The molecule has 2 N–H and O–H groups in total. The number of nitrogens with one attached hydrogen (secondary N) is 1. The summed E-state index contributed by atoms with van der Waals surface area (Å²) in [6.45, 7) is 3.14. The first kappa shape index (κ1) is 16.2. The van der Waals surface area contributed by atoms with Crippen molar-refractivity contribution in [1.82, 2.24) is 4.72 Å². The van der Waals surface area contributed by atoms with Crippen molar-refractivity contribution in [3.05, 3.63) is 23.2 Å². The number of benzene rings is 1. The van der Waals surface area contributed by atoms with Crippen LogP contribution < -0.4 is 9.46 Å². The highest BCUT2D eigenvalue weighted by Gasteiger charge is 2.28. The van der Waals surface area contributed by atoms with Gasteiger partial charge in [-0.3, -0.25) is 0 Å². The number of aliphatic hydroxyl groups is 1. The zero-order valence-electron chi connectivity index (χ0n) is 11.1. The second kappa shape index (κ2) is 6.09. The molecule has 0 aliphatic carbocycles. The maximum absolute atomic E-state index is 12.2. The summed E-state index contributed by atoms with van der Waals surface area (Å²) in [5.41, 5.74) is -0.898. The summed E-state index contributed by atoms with van der Waals surface area (Å²) in [5.74, 6) is 0.404. The standard InChI is InChI=1S/C12H18ClNO4S/c1-4-12(2,8-15)14-19(16,17)9-5-6-11(18-3)10(13)7-9/h5-7,14-15H,4,8H2,1-3H3. The summed E-state index contributed by atoms with van der Waals surface area (Å²) in [6.07, 6.45) is 0.465. The van der Waals surface area contributed by atoms with Gasteiger partial charge < -0.3 is 9.84 Å². The molecule has 0 saturated carbocycles. The maximum atomic E-state index is 12.2. The normalized spacial score (nSPS) is 15.0. The van der Waals surface area contributed by atoms with E-state index in [-0.39, 0.29) is 16.5 Å². The van der Waals surface area contributed by atoms with Gasteiger partial charge in [0.15, 0.2) is 0 Å². The number of halogens is 1. The molecule has 19 heavy (non-hydrogen) atoms. The molecule has 0 aromatic heterocycles. The Kier molecular flexibility index (Phi) is 5.20. The molecular weight excluding hydrogens is 290 g/mol. The summed E-state index contributed by atoms with van der Waals surface area (Å²) in [7, 11) is -2.29. The summed E-state index contributed by atoms with van der Waals surface area (Å²) in [6, 6.07) is 4.20. The Morgan fingerprint density at radius 2 is 2.11 bits per heavy atom. The van der Waals surface area contributed by atoms with Gasteiger partial charge in [0.1, 0.15) is 5.75 Å². The summed E-state index contributed by atoms with van der Waals surface area (Å²) in [4.78, 5) is 0.0337. The van der Waals surface area contributed by atoms with Crippen molar-refractivity contribution in [1.29, 1.82) is 0 Å². The molecule has 5 nitrogen and oxygen atoms in total. The van der Waals surface area contributed by atoms with Crippen LogP contribution in [0.5, 0.6) is 5.75 Å². The third kappa shape index (κ3) is 3.82. The van der Waals surface area contributed by atoms with Crippen LogP contribution in [-0.4, -0.2) is 32.8 Å². The van der Waals surface area contributed by atoms with E-state index in [0.717, 1.165) is 0 Å². The first-order valence-electron chi connectivity index (χ1n) is 5.76. The first-order chi connectivity index (χ1) is 8.78. The highest BCUT2D eigenvalue weighted by atomic mass is 35.5. The van der Waals surface area contributed by atoms with E-state index in [1.165, 1.54) is 25.3 Å². The predicted octanol–water partition coefficient (Wildman–Crippen LogP) is 1.79. The van der Waals surface area contributed by atoms with E-state index in [4.69, 9.17) is 16.3 Å². The number of hydrogen-bond acceptors (Lipinski definition) is 4. The molecule has 0 radical (unpaired) electrons. The molecule has 0 aliphatic rings. The third-order valence-electron chi connectivity index (χ3n) is 2.94. The number of aliphatic hydroxyl groups excluding tert-OH is 1. The largest absolute Gasteiger partial charge is 0.495 e. The summed E-state index contributed by atoms with van der Waals surface area (Å²) < 4.78 is 31.8. The van der Waals surface area contributed by atoms with E-state index >= 15 is 0 Å². The highest BCUT2D eigenvalue weighted by molar-refractivity contribution is 7.89. The molecule has 0 fully saturated rings. The van der Waals surface area contributed by atoms with Gasteiger partial charge in [0, 0.05) is 0 Å². The quantitative estimate of drug-likeness (QED) is 0.840. The van der Waals surface area contributed by atoms with Gasteiger partial charge in [-0.15, -0.1) is 0 Å². The van der Waals surface area contributed by atoms with Crippen molar-refractivity contribution >= 4 is 21.6 Å². The lowest BCUT2D eigenvalue weighted by molar-refractivity contribution is 0.191. The van der Waals surface area contributed by atoms with Crippen LogP contribution in [0.3, 0.4) is 0 Å². The minimum absolute atomic E-state index is 0.0337. The van der Waals surface area contributed by atoms with Crippen LogP contribution in [0.2, 0.25) is 5.02 Å². The molecule has 108 valence electrons. The van der Waals surface area contributed by atoms with Gasteiger partial charge in [-0.1, -0.05) is 18.5 Å². The number of ether oxygens (including phenoxy) is 1. The lowest BCUT2D eigenvalue weighted by Crippen LogP contribution is -2.48. The zero-order valence-corrected chi connectivity index (χ0v) is 12.7. The molecule has 1 atom stereocenters. The van der Waals surface area contributed by atoms with Crippen molar-refractivity contribution in [2.45, 2.75) is 30.7 Å². The van der Waals surface area contributed by atoms with Crippen molar-refractivity contribution < 1.29 is 18.3 Å². The Bertz CT molecular complexity index is 541. The second-order valence-corrected chi connectivity index (χ2v) is 6.56. The van der Waals surface area contributed by atoms with E-state index in [2.05, 4.69) is 4.72 Å². The van der Waals surface area contributed by atoms with E-state index in [0.29, 0.717) is 12.2 Å². The van der Waals surface area contributed by atoms with Gasteiger partial charge in [0.25, 0.3) is 0 Å². The average molecular weight is 308 g/mol. The molecule has 1 aromatic rings. The van der Waals surface area contributed by atoms with Gasteiger partial charge in [-0.2, -0.15) is 0 Å². The fourth-order valence-corrected chi connectivity index (χ4v) is 3.23. The molecule has 0 heterocycles. The predicted molar refractivity (Wildman–Crippen MR) is 74.1 cm³/mol. The number of sulfonamides is 1. The number of rotatable bonds is 6. The van der Waals surface area contributed by atoms with Crippen LogP contribution in [0.15, 0.2) is 23.1 Å². The summed E-state index contributed by atoms with van der Waals surface area (Å²) >= 11 is 5.91. The van der Waals surface area contributed by atoms with Crippen molar-refractivity contribution in [2.24, 2.45) is 0 Å². The molecule has 0 bridgehead atoms. The van der Waals surface area contributed by atoms with Crippen molar-refractivity contribution in [3.8, 4) is 5.75 Å². The highest BCUT2D eigenvalue weighted by Crippen LogP contribution is 2.27. The van der Waals surface area contributed by atoms with Gasteiger partial charge in [-0.25, -0.2) is 13.1 Å². The van der Waals surface area contributed by atoms with E-state index in [1.54, 1.807) is 13.8 Å². The smallest absolute Gasteiger partial charge is 0.241 e. The van der Waals surface area contributed by atoms with Crippen molar-refractivity contribution in [2.75, 3.05) is 13.7 Å². The SMILES string of the molecule is CCC(C)(CO)NS(=O)(=O)c1ccc(OC)c(Cl)c1. The minimum atomic E-state index is -3.74. The molecule has 1 aromatic carbocycles. The lowest BCUT2D eigenvalue weighted by Gasteiger charge is -2.26. The van der Waals surface area contributed by atoms with Crippen LogP contribution >= 0.6 is 11.6 Å². The molecule has 0 amide bonds. The third-order valence-corrected chi connectivity index (χ3v) is 4.88. The average Bonchev–Trinajstić information content (AvgIpc) is 2.38. The van der Waals surface area contributed by atoms with E-state index in [9.17, 15) is 13.5 Å². The fraction of sp³-hybridized carbons (Fsp3) is 0.500. The lowest BCUT2D eigenvalue weighted by atomic mass is 10.0. The topological polar surface area (TPSA) is 75.6 Å². The Hall–Kier alpha value is -0.820. The van der Waals surface area contributed by atoms with E-state index in [1.807, 2.05) is 0 Å². The van der Waals surface area contributed by atoms with Crippen LogP contribution in [0.25, 0.3) is 0 Å². The fourth-order valence-electron chi connectivity index (χ4n) is 1.41. The van der Waals surface area contributed by atoms with E-state index < -0.39 is 15.6 Å². The number of methoxy groups -OCH3 is 1. The van der Waals surface area contributed by atoms with Crippen LogP contribution in [0.1, 0.15) is 20.3 Å². The van der Waals surface area contributed by atoms with Gasteiger partial charge in [0.2, 0.25) is 10.0 Å². The van der Waals surface area contributed by atoms with Gasteiger partial charge >= 0.3 is 0 Å². The Morgan fingerprint density at radius 3 is 2.53 bits per heavy atom. The monoisotopic (exact) mass is 307 g/mol. The molecule has 1 unspecified atom stereocenters. The molecule has 7 heteroatoms. The summed E-state index contributed by atoms with van der Waals surface area (Å²) in [5, 5.41) is 9.47. The molecular formula is C12H18ClNO4S. The molecule has 0 aliphatic heterocycles. The molecule has 0 spiro atoms. The van der Waals surface area contributed by atoms with Crippen LogP contribution in [0, 0.1) is 0 Å². The number of hydrogen-bond donors (Lipinski definition) is 2. The molecule has 1 rings (SSSR count). The van der Waals surface area contributed by atoms with Gasteiger partial charge in [0.05, 0.1) is 29.2 Å². The van der Waals surface area contributed by atoms with Crippen LogP contribution in [-0.2, 0) is 10.0 Å². The molecule has 0 saturated heterocycles. The van der Waals surface area contributed by atoms with Crippen molar-refractivity contribution in [3.63, 3.8) is 0 Å². The Labute approximate surface area is 118 Å². The van der Waals surface area contributed by atoms with Gasteiger partial charge in [-0.05, 0) is 31.5 Å². The maximum Gasteiger partial charge on any atom is 0.241 e. The Morgan fingerprint density at radius 1 is 1.47 bits per heavy atom. The minimum Gasteiger partial charge on any atom is -0.495 e. The second-order valence-electron chi connectivity index (χ2n) is 4.47. The Balaban J connectivity index is 3.11.